The van der Waals surface area contributed by atoms with Gasteiger partial charge in [-0.2, -0.15) is 0 Å². The standard InChI is InChI=1S/C19H23NO3/c1-13-9-16(17(20)11-18(21)22-3)10-14(2)19(13)23-12-15-7-5-4-6-8-15/h4-10,17H,11-12,20H2,1-3H3/t17-/m0/s1. The van der Waals surface area contributed by atoms with Gasteiger partial charge in [0.15, 0.2) is 0 Å². The van der Waals surface area contributed by atoms with Crippen LogP contribution < -0.4 is 10.5 Å². The van der Waals surface area contributed by atoms with E-state index in [0.29, 0.717) is 6.61 Å². The van der Waals surface area contributed by atoms with Crippen LogP contribution in [-0.4, -0.2) is 13.1 Å². The second-order valence-corrected chi connectivity index (χ2v) is 5.64. The van der Waals surface area contributed by atoms with E-state index in [1.54, 1.807) is 0 Å². The van der Waals surface area contributed by atoms with Crippen LogP contribution in [-0.2, 0) is 16.1 Å². The van der Waals surface area contributed by atoms with E-state index in [0.717, 1.165) is 28.0 Å². The van der Waals surface area contributed by atoms with Crippen molar-refractivity contribution in [1.82, 2.24) is 0 Å². The minimum atomic E-state index is -0.372. The third-order valence-corrected chi connectivity index (χ3v) is 3.75. The fourth-order valence-corrected chi connectivity index (χ4v) is 2.54. The van der Waals surface area contributed by atoms with Gasteiger partial charge in [-0.25, -0.2) is 0 Å². The van der Waals surface area contributed by atoms with Crippen molar-refractivity contribution < 1.29 is 14.3 Å². The molecule has 0 heterocycles. The molecule has 0 aliphatic carbocycles. The van der Waals surface area contributed by atoms with Gasteiger partial charge in [0.25, 0.3) is 0 Å². The summed E-state index contributed by atoms with van der Waals surface area (Å²) in [5, 5.41) is 0. The first-order chi connectivity index (χ1) is 11.0. The van der Waals surface area contributed by atoms with Crippen LogP contribution in [0, 0.1) is 13.8 Å². The van der Waals surface area contributed by atoms with Crippen LogP contribution in [0.1, 0.15) is 34.7 Å². The second kappa shape index (κ2) is 7.79. The summed E-state index contributed by atoms with van der Waals surface area (Å²) >= 11 is 0. The number of hydrogen-bond acceptors (Lipinski definition) is 4. The van der Waals surface area contributed by atoms with Gasteiger partial charge in [-0.15, -0.1) is 0 Å². The SMILES string of the molecule is COC(=O)C[C@H](N)c1cc(C)c(OCc2ccccc2)c(C)c1. The van der Waals surface area contributed by atoms with Crippen molar-refractivity contribution in [3.8, 4) is 5.75 Å². The summed E-state index contributed by atoms with van der Waals surface area (Å²) in [5.74, 6) is 0.556. The van der Waals surface area contributed by atoms with Crippen molar-refractivity contribution in [2.45, 2.75) is 32.9 Å². The van der Waals surface area contributed by atoms with Crippen LogP contribution in [0.3, 0.4) is 0 Å². The summed E-state index contributed by atoms with van der Waals surface area (Å²) in [4.78, 5) is 11.4. The van der Waals surface area contributed by atoms with E-state index < -0.39 is 0 Å². The van der Waals surface area contributed by atoms with Gasteiger partial charge < -0.3 is 15.2 Å². The molecule has 0 bridgehead atoms. The van der Waals surface area contributed by atoms with E-state index in [2.05, 4.69) is 4.74 Å². The van der Waals surface area contributed by atoms with Crippen molar-refractivity contribution in [3.05, 3.63) is 64.7 Å². The van der Waals surface area contributed by atoms with Gasteiger partial charge in [-0.1, -0.05) is 42.5 Å². The number of benzene rings is 2. The van der Waals surface area contributed by atoms with E-state index in [-0.39, 0.29) is 18.4 Å². The highest BCUT2D eigenvalue weighted by molar-refractivity contribution is 5.70. The van der Waals surface area contributed by atoms with Crippen molar-refractivity contribution in [3.63, 3.8) is 0 Å². The van der Waals surface area contributed by atoms with Gasteiger partial charge in [-0.3, -0.25) is 4.79 Å². The number of carbonyl (C=O) groups excluding carboxylic acids is 1. The van der Waals surface area contributed by atoms with Gasteiger partial charge in [0.1, 0.15) is 12.4 Å². The Labute approximate surface area is 137 Å². The summed E-state index contributed by atoms with van der Waals surface area (Å²) in [5.41, 5.74) is 10.1. The minimum absolute atomic E-state index is 0.166. The topological polar surface area (TPSA) is 61.5 Å². The Bertz CT molecular complexity index is 645. The second-order valence-electron chi connectivity index (χ2n) is 5.64. The van der Waals surface area contributed by atoms with Gasteiger partial charge >= 0.3 is 5.97 Å². The predicted octanol–water partition coefficient (Wildman–Crippen LogP) is 3.45. The minimum Gasteiger partial charge on any atom is -0.488 e. The van der Waals surface area contributed by atoms with Crippen LogP contribution >= 0.6 is 0 Å². The average molecular weight is 313 g/mol. The predicted molar refractivity (Wildman–Crippen MR) is 90.3 cm³/mol. The van der Waals surface area contributed by atoms with Crippen molar-refractivity contribution in [2.75, 3.05) is 7.11 Å². The van der Waals surface area contributed by atoms with Crippen LogP contribution in [0.5, 0.6) is 5.75 Å². The first kappa shape index (κ1) is 17.0. The first-order valence-corrected chi connectivity index (χ1v) is 7.61. The maximum absolute atomic E-state index is 11.4. The molecule has 2 rings (SSSR count). The molecule has 23 heavy (non-hydrogen) atoms. The van der Waals surface area contributed by atoms with Crippen molar-refractivity contribution in [1.29, 1.82) is 0 Å². The summed E-state index contributed by atoms with van der Waals surface area (Å²) in [6.45, 7) is 4.50. The molecule has 0 amide bonds. The molecule has 4 nitrogen and oxygen atoms in total. The molecule has 0 fully saturated rings. The summed E-state index contributed by atoms with van der Waals surface area (Å²) in [7, 11) is 1.37. The van der Waals surface area contributed by atoms with Gasteiger partial charge in [0, 0.05) is 6.04 Å². The summed E-state index contributed by atoms with van der Waals surface area (Å²) in [6, 6.07) is 13.6. The molecular formula is C19H23NO3. The Hall–Kier alpha value is -2.33. The third kappa shape index (κ3) is 4.57. The first-order valence-electron chi connectivity index (χ1n) is 7.61. The van der Waals surface area contributed by atoms with Gasteiger partial charge in [0.05, 0.1) is 13.5 Å². The van der Waals surface area contributed by atoms with Gasteiger partial charge in [0.2, 0.25) is 0 Å². The lowest BCUT2D eigenvalue weighted by Gasteiger charge is -2.17. The normalized spacial score (nSPS) is 11.8. The number of ether oxygens (including phenoxy) is 2. The monoisotopic (exact) mass is 313 g/mol. The Morgan fingerprint density at radius 1 is 1.13 bits per heavy atom. The molecule has 0 saturated heterocycles. The number of carbonyl (C=O) groups is 1. The molecule has 122 valence electrons. The molecule has 0 aliphatic heterocycles. The largest absolute Gasteiger partial charge is 0.488 e. The molecule has 4 heteroatoms. The molecule has 2 N–H and O–H groups in total. The highest BCUT2D eigenvalue weighted by Crippen LogP contribution is 2.28. The molecule has 1 atom stereocenters. The van der Waals surface area contributed by atoms with Crippen molar-refractivity contribution >= 4 is 5.97 Å². The number of rotatable bonds is 6. The van der Waals surface area contributed by atoms with Crippen LogP contribution in [0.25, 0.3) is 0 Å². The maximum atomic E-state index is 11.4. The summed E-state index contributed by atoms with van der Waals surface area (Å²) in [6.07, 6.45) is 0.166. The number of esters is 1. The van der Waals surface area contributed by atoms with Crippen LogP contribution in [0.15, 0.2) is 42.5 Å². The molecule has 0 saturated carbocycles. The zero-order valence-electron chi connectivity index (χ0n) is 13.8. The van der Waals surface area contributed by atoms with Gasteiger partial charge in [-0.05, 0) is 36.1 Å². The van der Waals surface area contributed by atoms with E-state index in [1.807, 2.05) is 56.3 Å². The molecule has 2 aromatic carbocycles. The molecular weight excluding hydrogens is 290 g/mol. The van der Waals surface area contributed by atoms with E-state index in [9.17, 15) is 4.79 Å². The number of hydrogen-bond donors (Lipinski definition) is 1. The lowest BCUT2D eigenvalue weighted by molar-refractivity contribution is -0.141. The van der Waals surface area contributed by atoms with Crippen LogP contribution in [0.4, 0.5) is 0 Å². The smallest absolute Gasteiger partial charge is 0.307 e. The Balaban J connectivity index is 2.12. The zero-order valence-corrected chi connectivity index (χ0v) is 13.8. The Kier molecular flexibility index (Phi) is 5.77. The molecule has 0 spiro atoms. The lowest BCUT2D eigenvalue weighted by atomic mass is 9.99. The molecule has 0 radical (unpaired) electrons. The molecule has 0 unspecified atom stereocenters. The molecule has 2 aromatic rings. The van der Waals surface area contributed by atoms with Crippen LogP contribution in [0.2, 0.25) is 0 Å². The Morgan fingerprint density at radius 2 is 1.74 bits per heavy atom. The zero-order chi connectivity index (χ0) is 16.8. The number of methoxy groups -OCH3 is 1. The van der Waals surface area contributed by atoms with Crippen molar-refractivity contribution in [2.24, 2.45) is 5.73 Å². The quantitative estimate of drug-likeness (QED) is 0.830. The Morgan fingerprint density at radius 3 is 2.30 bits per heavy atom. The average Bonchev–Trinajstić information content (AvgIpc) is 2.54. The lowest BCUT2D eigenvalue weighted by Crippen LogP contribution is -2.16. The third-order valence-electron chi connectivity index (χ3n) is 3.75. The highest BCUT2D eigenvalue weighted by Gasteiger charge is 2.15. The van der Waals surface area contributed by atoms with E-state index in [1.165, 1.54) is 7.11 Å². The van der Waals surface area contributed by atoms with E-state index in [4.69, 9.17) is 10.5 Å². The maximum Gasteiger partial charge on any atom is 0.307 e. The number of nitrogens with two attached hydrogens (primary N) is 1. The number of aryl methyl sites for hydroxylation is 2. The highest BCUT2D eigenvalue weighted by atomic mass is 16.5. The fraction of sp³-hybridized carbons (Fsp3) is 0.316. The molecule has 0 aromatic heterocycles. The fourth-order valence-electron chi connectivity index (χ4n) is 2.54. The summed E-state index contributed by atoms with van der Waals surface area (Å²) < 4.78 is 10.6. The molecule has 0 aliphatic rings. The van der Waals surface area contributed by atoms with E-state index >= 15 is 0 Å².